The van der Waals surface area contributed by atoms with Crippen LogP contribution in [0, 0.1) is 6.92 Å². The molecule has 0 bridgehead atoms. The fourth-order valence-electron chi connectivity index (χ4n) is 2.23. The van der Waals surface area contributed by atoms with Gasteiger partial charge in [0.1, 0.15) is 6.29 Å². The van der Waals surface area contributed by atoms with Crippen molar-refractivity contribution >= 4 is 17.9 Å². The Bertz CT molecular complexity index is 694. The maximum Gasteiger partial charge on any atom is 0.255 e. The fraction of sp³-hybridized carbons (Fsp3) is 0.263. The number of anilines is 1. The van der Waals surface area contributed by atoms with Crippen LogP contribution in [0.1, 0.15) is 52.6 Å². The van der Waals surface area contributed by atoms with Crippen molar-refractivity contribution in [3.05, 3.63) is 64.7 Å². The van der Waals surface area contributed by atoms with Crippen LogP contribution in [0.25, 0.3) is 0 Å². The van der Waals surface area contributed by atoms with Crippen molar-refractivity contribution in [1.82, 2.24) is 0 Å². The molecular formula is C19H21NO2. The van der Waals surface area contributed by atoms with Gasteiger partial charge in [-0.15, -0.1) is 0 Å². The van der Waals surface area contributed by atoms with E-state index in [9.17, 15) is 9.59 Å². The molecule has 0 aliphatic carbocycles. The number of benzene rings is 2. The minimum Gasteiger partial charge on any atom is -0.322 e. The quantitative estimate of drug-likeness (QED) is 0.855. The summed E-state index contributed by atoms with van der Waals surface area (Å²) in [4.78, 5) is 23.3. The molecule has 2 rings (SSSR count). The Morgan fingerprint density at radius 2 is 1.68 bits per heavy atom. The zero-order valence-corrected chi connectivity index (χ0v) is 13.4. The fourth-order valence-corrected chi connectivity index (χ4v) is 2.23. The number of aldehydes is 1. The highest BCUT2D eigenvalue weighted by atomic mass is 16.1. The lowest BCUT2D eigenvalue weighted by atomic mass is 9.86. The molecule has 0 atom stereocenters. The Kier molecular flexibility index (Phi) is 4.45. The molecule has 0 heterocycles. The number of nitrogens with one attached hydrogen (secondary N) is 1. The van der Waals surface area contributed by atoms with E-state index < -0.39 is 0 Å². The smallest absolute Gasteiger partial charge is 0.255 e. The zero-order chi connectivity index (χ0) is 16.3. The molecule has 1 amide bonds. The van der Waals surface area contributed by atoms with Crippen LogP contribution in [-0.4, -0.2) is 12.2 Å². The second kappa shape index (κ2) is 6.14. The van der Waals surface area contributed by atoms with Gasteiger partial charge in [0, 0.05) is 16.8 Å². The monoisotopic (exact) mass is 295 g/mol. The van der Waals surface area contributed by atoms with Crippen LogP contribution in [0.5, 0.6) is 0 Å². The van der Waals surface area contributed by atoms with Crippen LogP contribution in [0.3, 0.4) is 0 Å². The third kappa shape index (κ3) is 3.42. The summed E-state index contributed by atoms with van der Waals surface area (Å²) in [6.07, 6.45) is 0.795. The molecule has 114 valence electrons. The number of hydrogen-bond donors (Lipinski definition) is 1. The SMILES string of the molecule is Cc1c(C=O)cccc1NC(=O)c1ccc(C(C)(C)C)cc1. The number of hydrogen-bond acceptors (Lipinski definition) is 2. The van der Waals surface area contributed by atoms with Gasteiger partial charge in [-0.3, -0.25) is 9.59 Å². The van der Waals surface area contributed by atoms with Gasteiger partial charge in [-0.1, -0.05) is 45.0 Å². The highest BCUT2D eigenvalue weighted by molar-refractivity contribution is 6.05. The van der Waals surface area contributed by atoms with Gasteiger partial charge in [0.2, 0.25) is 0 Å². The standard InChI is InChI=1S/C19H21NO2/c1-13-15(12-21)6-5-7-17(13)20-18(22)14-8-10-16(11-9-14)19(2,3)4/h5-12H,1-4H3,(H,20,22). The highest BCUT2D eigenvalue weighted by Crippen LogP contribution is 2.23. The molecule has 0 spiro atoms. The van der Waals surface area contributed by atoms with Gasteiger partial charge in [0.05, 0.1) is 0 Å². The third-order valence-electron chi connectivity index (χ3n) is 3.76. The molecule has 2 aromatic rings. The lowest BCUT2D eigenvalue weighted by Gasteiger charge is -2.19. The van der Waals surface area contributed by atoms with Crippen molar-refractivity contribution in [3.63, 3.8) is 0 Å². The Hall–Kier alpha value is -2.42. The van der Waals surface area contributed by atoms with Crippen molar-refractivity contribution in [2.24, 2.45) is 0 Å². The molecule has 0 aliphatic rings. The highest BCUT2D eigenvalue weighted by Gasteiger charge is 2.15. The summed E-state index contributed by atoms with van der Waals surface area (Å²) in [6.45, 7) is 8.23. The molecule has 22 heavy (non-hydrogen) atoms. The first-order valence-electron chi connectivity index (χ1n) is 7.29. The Balaban J connectivity index is 2.21. The molecule has 2 aromatic carbocycles. The van der Waals surface area contributed by atoms with Crippen LogP contribution in [0.4, 0.5) is 5.69 Å². The minimum absolute atomic E-state index is 0.0594. The van der Waals surface area contributed by atoms with E-state index in [2.05, 4.69) is 26.1 Å². The third-order valence-corrected chi connectivity index (χ3v) is 3.76. The molecule has 3 nitrogen and oxygen atoms in total. The van der Waals surface area contributed by atoms with Gasteiger partial charge in [-0.2, -0.15) is 0 Å². The van der Waals surface area contributed by atoms with Crippen LogP contribution in [0.15, 0.2) is 42.5 Å². The first-order valence-corrected chi connectivity index (χ1v) is 7.29. The molecule has 0 aliphatic heterocycles. The molecule has 0 fully saturated rings. The summed E-state index contributed by atoms with van der Waals surface area (Å²) in [5.74, 6) is -0.174. The second-order valence-electron chi connectivity index (χ2n) is 6.42. The van der Waals surface area contributed by atoms with Crippen molar-refractivity contribution < 1.29 is 9.59 Å². The van der Waals surface area contributed by atoms with Crippen molar-refractivity contribution in [3.8, 4) is 0 Å². The van der Waals surface area contributed by atoms with Gasteiger partial charge >= 0.3 is 0 Å². The van der Waals surface area contributed by atoms with E-state index in [4.69, 9.17) is 0 Å². The van der Waals surface area contributed by atoms with Crippen molar-refractivity contribution in [2.45, 2.75) is 33.1 Å². The Labute approximate surface area is 131 Å². The number of amides is 1. The first-order chi connectivity index (χ1) is 10.3. The molecule has 0 unspecified atom stereocenters. The van der Waals surface area contributed by atoms with Gasteiger partial charge in [-0.25, -0.2) is 0 Å². The summed E-state index contributed by atoms with van der Waals surface area (Å²) in [5.41, 5.74) is 3.86. The lowest BCUT2D eigenvalue weighted by Crippen LogP contribution is -2.15. The van der Waals surface area contributed by atoms with Crippen molar-refractivity contribution in [2.75, 3.05) is 5.32 Å². The largest absolute Gasteiger partial charge is 0.322 e. The normalized spacial score (nSPS) is 11.1. The summed E-state index contributed by atoms with van der Waals surface area (Å²) >= 11 is 0. The van der Waals surface area contributed by atoms with Crippen LogP contribution in [0.2, 0.25) is 0 Å². The topological polar surface area (TPSA) is 46.2 Å². The minimum atomic E-state index is -0.174. The summed E-state index contributed by atoms with van der Waals surface area (Å²) in [6, 6.07) is 12.9. The molecule has 1 N–H and O–H groups in total. The predicted octanol–water partition coefficient (Wildman–Crippen LogP) is 4.36. The van der Waals surface area contributed by atoms with Gasteiger partial charge in [-0.05, 0) is 41.7 Å². The Morgan fingerprint density at radius 3 is 2.23 bits per heavy atom. The summed E-state index contributed by atoms with van der Waals surface area (Å²) < 4.78 is 0. The predicted molar refractivity (Wildman–Crippen MR) is 89.7 cm³/mol. The molecule has 3 heteroatoms. The van der Waals surface area contributed by atoms with E-state index in [1.165, 1.54) is 5.56 Å². The van der Waals surface area contributed by atoms with E-state index in [1.54, 1.807) is 18.2 Å². The van der Waals surface area contributed by atoms with Crippen LogP contribution < -0.4 is 5.32 Å². The van der Waals surface area contributed by atoms with Gasteiger partial charge in [0.15, 0.2) is 0 Å². The molecule has 0 saturated carbocycles. The second-order valence-corrected chi connectivity index (χ2v) is 6.42. The summed E-state index contributed by atoms with van der Waals surface area (Å²) in [5, 5.41) is 2.86. The van der Waals surface area contributed by atoms with Crippen LogP contribution >= 0.6 is 0 Å². The number of carbonyl (C=O) groups excluding carboxylic acids is 2. The van der Waals surface area contributed by atoms with E-state index in [0.29, 0.717) is 16.8 Å². The van der Waals surface area contributed by atoms with Gasteiger partial charge in [0.25, 0.3) is 5.91 Å². The first kappa shape index (κ1) is 16.0. The lowest BCUT2D eigenvalue weighted by molar-refractivity contribution is 0.102. The average molecular weight is 295 g/mol. The van der Waals surface area contributed by atoms with E-state index in [-0.39, 0.29) is 11.3 Å². The molecule has 0 aromatic heterocycles. The molecular weight excluding hydrogens is 274 g/mol. The molecule has 0 saturated heterocycles. The maximum absolute atomic E-state index is 12.3. The number of rotatable bonds is 3. The maximum atomic E-state index is 12.3. The van der Waals surface area contributed by atoms with Crippen molar-refractivity contribution in [1.29, 1.82) is 0 Å². The van der Waals surface area contributed by atoms with Crippen LogP contribution in [-0.2, 0) is 5.41 Å². The summed E-state index contributed by atoms with van der Waals surface area (Å²) in [7, 11) is 0. The Morgan fingerprint density at radius 1 is 1.05 bits per heavy atom. The molecule has 0 radical (unpaired) electrons. The zero-order valence-electron chi connectivity index (χ0n) is 13.4. The van der Waals surface area contributed by atoms with E-state index in [0.717, 1.165) is 11.8 Å². The van der Waals surface area contributed by atoms with Gasteiger partial charge < -0.3 is 5.32 Å². The van der Waals surface area contributed by atoms with E-state index in [1.807, 2.05) is 31.2 Å². The number of carbonyl (C=O) groups is 2. The van der Waals surface area contributed by atoms with E-state index >= 15 is 0 Å². The average Bonchev–Trinajstić information content (AvgIpc) is 2.48.